The quantitative estimate of drug-likeness (QED) is 0.839. The summed E-state index contributed by atoms with van der Waals surface area (Å²) >= 11 is 0. The first-order valence-electron chi connectivity index (χ1n) is 8.66. The first kappa shape index (κ1) is 14.1. The van der Waals surface area contributed by atoms with Gasteiger partial charge < -0.3 is 5.32 Å². The summed E-state index contributed by atoms with van der Waals surface area (Å²) in [5.41, 5.74) is 3.21. The highest BCUT2D eigenvalue weighted by atomic mass is 14.9. The number of fused-ring (bicyclic) bond motifs is 1. The molecule has 2 atom stereocenters. The summed E-state index contributed by atoms with van der Waals surface area (Å²) in [6, 6.07) is 9.78. The Kier molecular flexibility index (Phi) is 4.77. The van der Waals surface area contributed by atoms with Gasteiger partial charge in [0, 0.05) is 12.6 Å². The van der Waals surface area contributed by atoms with Crippen LogP contribution in [0.15, 0.2) is 24.3 Å². The molecule has 0 heterocycles. The van der Waals surface area contributed by atoms with Crippen LogP contribution < -0.4 is 5.32 Å². The average molecular weight is 271 g/mol. The number of rotatable bonds is 4. The second kappa shape index (κ2) is 6.76. The Morgan fingerprint density at radius 3 is 2.70 bits per heavy atom. The predicted octanol–water partition coefficient (Wildman–Crippen LogP) is 4.66. The third kappa shape index (κ3) is 3.25. The molecule has 0 spiro atoms. The Morgan fingerprint density at radius 2 is 1.85 bits per heavy atom. The maximum Gasteiger partial charge on any atom is 0.00672 e. The zero-order valence-corrected chi connectivity index (χ0v) is 12.9. The van der Waals surface area contributed by atoms with Gasteiger partial charge in [0.1, 0.15) is 0 Å². The van der Waals surface area contributed by atoms with E-state index >= 15 is 0 Å². The van der Waals surface area contributed by atoms with Gasteiger partial charge in [0.15, 0.2) is 0 Å². The minimum absolute atomic E-state index is 0.699. The smallest absolute Gasteiger partial charge is 0.00672 e. The minimum atomic E-state index is 0.699. The fourth-order valence-electron chi connectivity index (χ4n) is 4.20. The van der Waals surface area contributed by atoms with E-state index < -0.39 is 0 Å². The van der Waals surface area contributed by atoms with E-state index in [9.17, 15) is 0 Å². The molecule has 1 aromatic rings. The van der Waals surface area contributed by atoms with Crippen molar-refractivity contribution < 1.29 is 0 Å². The average Bonchev–Trinajstić information content (AvgIpc) is 2.53. The van der Waals surface area contributed by atoms with Crippen molar-refractivity contribution in [2.45, 2.75) is 70.3 Å². The highest BCUT2D eigenvalue weighted by molar-refractivity contribution is 5.32. The van der Waals surface area contributed by atoms with Gasteiger partial charge in [-0.15, -0.1) is 0 Å². The molecule has 0 aliphatic heterocycles. The molecule has 1 heteroatoms. The molecule has 3 rings (SSSR count). The van der Waals surface area contributed by atoms with Crippen molar-refractivity contribution in [3.05, 3.63) is 35.4 Å². The molecule has 0 bridgehead atoms. The molecule has 1 nitrogen and oxygen atoms in total. The van der Waals surface area contributed by atoms with Crippen molar-refractivity contribution in [3.8, 4) is 0 Å². The molecule has 2 aliphatic rings. The van der Waals surface area contributed by atoms with E-state index in [1.54, 1.807) is 11.1 Å². The Bertz CT molecular complexity index is 420. The highest BCUT2D eigenvalue weighted by Crippen LogP contribution is 2.32. The van der Waals surface area contributed by atoms with Gasteiger partial charge in [-0.2, -0.15) is 0 Å². The van der Waals surface area contributed by atoms with Crippen LogP contribution in [-0.2, 0) is 6.42 Å². The van der Waals surface area contributed by atoms with Crippen LogP contribution in [0, 0.1) is 5.92 Å². The zero-order chi connectivity index (χ0) is 13.8. The first-order chi connectivity index (χ1) is 9.84. The van der Waals surface area contributed by atoms with Crippen LogP contribution >= 0.6 is 0 Å². The molecule has 1 fully saturated rings. The van der Waals surface area contributed by atoms with E-state index in [1.165, 1.54) is 57.9 Å². The summed E-state index contributed by atoms with van der Waals surface area (Å²) in [4.78, 5) is 0. The monoisotopic (exact) mass is 271 g/mol. The molecule has 1 aromatic carbocycles. The number of aryl methyl sites for hydroxylation is 1. The van der Waals surface area contributed by atoms with Crippen LogP contribution in [-0.4, -0.2) is 12.6 Å². The highest BCUT2D eigenvalue weighted by Gasteiger charge is 2.23. The molecule has 0 saturated heterocycles. The number of benzene rings is 1. The lowest BCUT2D eigenvalue weighted by Gasteiger charge is -2.31. The molecule has 1 saturated carbocycles. The van der Waals surface area contributed by atoms with Crippen molar-refractivity contribution in [1.29, 1.82) is 0 Å². The largest absolute Gasteiger partial charge is 0.313 e. The lowest BCUT2D eigenvalue weighted by atomic mass is 9.81. The van der Waals surface area contributed by atoms with Crippen molar-refractivity contribution in [2.75, 3.05) is 6.54 Å². The molecular weight excluding hydrogens is 242 g/mol. The van der Waals surface area contributed by atoms with Crippen molar-refractivity contribution in [3.63, 3.8) is 0 Å². The molecule has 20 heavy (non-hydrogen) atoms. The third-order valence-electron chi connectivity index (χ3n) is 5.54. The first-order valence-corrected chi connectivity index (χ1v) is 8.66. The molecule has 0 radical (unpaired) electrons. The second-order valence-corrected chi connectivity index (χ2v) is 6.88. The topological polar surface area (TPSA) is 12.0 Å². The van der Waals surface area contributed by atoms with E-state index in [1.807, 2.05) is 0 Å². The van der Waals surface area contributed by atoms with Crippen molar-refractivity contribution in [2.24, 2.45) is 5.92 Å². The zero-order valence-electron chi connectivity index (χ0n) is 12.9. The van der Waals surface area contributed by atoms with E-state index in [2.05, 4.69) is 36.5 Å². The Balaban J connectivity index is 1.56. The van der Waals surface area contributed by atoms with Gasteiger partial charge in [-0.1, -0.05) is 43.5 Å². The molecule has 110 valence electrons. The summed E-state index contributed by atoms with van der Waals surface area (Å²) in [6.45, 7) is 3.58. The SMILES string of the molecule is C[C@H](NCC1CCCc2ccccc21)C1CCCCC1. The number of hydrogen-bond acceptors (Lipinski definition) is 1. The van der Waals surface area contributed by atoms with Crippen molar-refractivity contribution in [1.82, 2.24) is 5.32 Å². The van der Waals surface area contributed by atoms with Crippen LogP contribution in [0.1, 0.15) is 68.9 Å². The lowest BCUT2D eigenvalue weighted by molar-refractivity contribution is 0.276. The van der Waals surface area contributed by atoms with Gasteiger partial charge in [-0.25, -0.2) is 0 Å². The fraction of sp³-hybridized carbons (Fsp3) is 0.684. The summed E-state index contributed by atoms with van der Waals surface area (Å²) in [6.07, 6.45) is 11.2. The van der Waals surface area contributed by atoms with Gasteiger partial charge in [0.25, 0.3) is 0 Å². The standard InChI is InChI=1S/C19H29N/c1-15(16-8-3-2-4-9-16)20-14-18-12-7-11-17-10-5-6-13-19(17)18/h5-6,10,13,15-16,18,20H,2-4,7-9,11-12,14H2,1H3/t15-,18?/m0/s1. The summed E-state index contributed by atoms with van der Waals surface area (Å²) < 4.78 is 0. The minimum Gasteiger partial charge on any atom is -0.313 e. The Hall–Kier alpha value is -0.820. The molecular formula is C19H29N. The van der Waals surface area contributed by atoms with Crippen LogP contribution in [0.4, 0.5) is 0 Å². The van der Waals surface area contributed by atoms with Gasteiger partial charge in [-0.3, -0.25) is 0 Å². The third-order valence-corrected chi connectivity index (χ3v) is 5.54. The maximum atomic E-state index is 3.86. The van der Waals surface area contributed by atoms with Gasteiger partial charge in [0.2, 0.25) is 0 Å². The molecule has 0 amide bonds. The van der Waals surface area contributed by atoms with Crippen LogP contribution in [0.2, 0.25) is 0 Å². The Morgan fingerprint density at radius 1 is 1.05 bits per heavy atom. The van der Waals surface area contributed by atoms with E-state index in [-0.39, 0.29) is 0 Å². The summed E-state index contributed by atoms with van der Waals surface area (Å²) in [7, 11) is 0. The fourth-order valence-corrected chi connectivity index (χ4v) is 4.20. The van der Waals surface area contributed by atoms with E-state index in [4.69, 9.17) is 0 Å². The lowest BCUT2D eigenvalue weighted by Crippen LogP contribution is -2.37. The van der Waals surface area contributed by atoms with Crippen molar-refractivity contribution >= 4 is 0 Å². The van der Waals surface area contributed by atoms with Gasteiger partial charge in [0.05, 0.1) is 0 Å². The van der Waals surface area contributed by atoms with Crippen LogP contribution in [0.25, 0.3) is 0 Å². The normalized spacial score (nSPS) is 25.1. The summed E-state index contributed by atoms with van der Waals surface area (Å²) in [5.74, 6) is 1.66. The Labute approximate surface area is 124 Å². The summed E-state index contributed by atoms with van der Waals surface area (Å²) in [5, 5.41) is 3.86. The van der Waals surface area contributed by atoms with Crippen LogP contribution in [0.3, 0.4) is 0 Å². The number of nitrogens with one attached hydrogen (secondary N) is 1. The molecule has 1 N–H and O–H groups in total. The van der Waals surface area contributed by atoms with Gasteiger partial charge >= 0.3 is 0 Å². The number of hydrogen-bond donors (Lipinski definition) is 1. The molecule has 1 unspecified atom stereocenters. The van der Waals surface area contributed by atoms with Crippen LogP contribution in [0.5, 0.6) is 0 Å². The van der Waals surface area contributed by atoms with E-state index in [0.29, 0.717) is 6.04 Å². The second-order valence-electron chi connectivity index (χ2n) is 6.88. The van der Waals surface area contributed by atoms with E-state index in [0.717, 1.165) is 11.8 Å². The maximum absolute atomic E-state index is 3.86. The predicted molar refractivity (Wildman–Crippen MR) is 86.2 cm³/mol. The molecule has 2 aliphatic carbocycles. The van der Waals surface area contributed by atoms with Gasteiger partial charge in [-0.05, 0) is 62.0 Å². The molecule has 0 aromatic heterocycles.